The van der Waals surface area contributed by atoms with Crippen molar-refractivity contribution in [1.29, 1.82) is 0 Å². The largest absolute Gasteiger partial charge is 0.369 e. The molecular formula is C25H34FN3O4S. The molecule has 2 unspecified atom stereocenters. The molecule has 0 aliphatic heterocycles. The van der Waals surface area contributed by atoms with E-state index < -0.39 is 26.8 Å². The molecule has 0 saturated heterocycles. The average Bonchev–Trinajstić information content (AvgIpc) is 2.77. The minimum Gasteiger partial charge on any atom is -0.369 e. The molecule has 4 N–H and O–H groups in total. The summed E-state index contributed by atoms with van der Waals surface area (Å²) < 4.78 is 43.2. The normalized spacial score (nSPS) is 34.1. The predicted molar refractivity (Wildman–Crippen MR) is 124 cm³/mol. The molecular weight excluding hydrogens is 457 g/mol. The van der Waals surface area contributed by atoms with E-state index in [1.165, 1.54) is 12.1 Å². The molecule has 7 nitrogen and oxygen atoms in total. The standard InChI is InChI=1S/C25H34FN3O4S/c1-15-5-6-19(11-20(15)26)34(32,33)29-25(7-3-2-4-8-25)23(31)28-21-17-9-16-10-18(21)14-24(12-16,13-17)22(27)30/h5-6,11,16-18,21,29H,2-4,7-10,12-14H2,1H3,(H2,27,30)(H,28,31). The van der Waals surface area contributed by atoms with E-state index >= 15 is 0 Å². The zero-order valence-corrected chi connectivity index (χ0v) is 20.4. The van der Waals surface area contributed by atoms with Crippen LogP contribution >= 0.6 is 0 Å². The number of primary amides is 1. The summed E-state index contributed by atoms with van der Waals surface area (Å²) in [6.07, 6.45) is 7.41. The van der Waals surface area contributed by atoms with Gasteiger partial charge in [0.15, 0.2) is 0 Å². The molecule has 9 heteroatoms. The first-order chi connectivity index (χ1) is 16.0. The summed E-state index contributed by atoms with van der Waals surface area (Å²) in [5.74, 6) is -0.275. The van der Waals surface area contributed by atoms with Gasteiger partial charge in [0.1, 0.15) is 11.4 Å². The quantitative estimate of drug-likeness (QED) is 0.567. The van der Waals surface area contributed by atoms with Crippen LogP contribution in [0, 0.1) is 35.9 Å². The molecule has 1 aromatic carbocycles. The molecule has 5 aliphatic rings. The Kier molecular flexibility index (Phi) is 5.79. The molecule has 6 rings (SSSR count). The lowest BCUT2D eigenvalue weighted by atomic mass is 9.47. The summed E-state index contributed by atoms with van der Waals surface area (Å²) in [5.41, 5.74) is 4.45. The highest BCUT2D eigenvalue weighted by Gasteiger charge is 2.58. The lowest BCUT2D eigenvalue weighted by Gasteiger charge is -2.59. The first-order valence-electron chi connectivity index (χ1n) is 12.4. The lowest BCUT2D eigenvalue weighted by Crippen LogP contribution is -2.66. The number of sulfonamides is 1. The summed E-state index contributed by atoms with van der Waals surface area (Å²) in [6, 6.07) is 3.74. The minimum absolute atomic E-state index is 0.0725. The number of benzene rings is 1. The fourth-order valence-corrected chi connectivity index (χ4v) is 8.87. The molecule has 0 spiro atoms. The molecule has 2 atom stereocenters. The maximum Gasteiger partial charge on any atom is 0.241 e. The summed E-state index contributed by atoms with van der Waals surface area (Å²) in [5, 5.41) is 3.23. The summed E-state index contributed by atoms with van der Waals surface area (Å²) >= 11 is 0. The van der Waals surface area contributed by atoms with Crippen LogP contribution in [0.3, 0.4) is 0 Å². The van der Waals surface area contributed by atoms with Crippen molar-refractivity contribution >= 4 is 21.8 Å². The molecule has 34 heavy (non-hydrogen) atoms. The molecule has 5 fully saturated rings. The van der Waals surface area contributed by atoms with Gasteiger partial charge in [-0.3, -0.25) is 9.59 Å². The van der Waals surface area contributed by atoms with Crippen molar-refractivity contribution in [3.8, 4) is 0 Å². The van der Waals surface area contributed by atoms with Crippen molar-refractivity contribution in [1.82, 2.24) is 10.0 Å². The van der Waals surface area contributed by atoms with Crippen molar-refractivity contribution < 1.29 is 22.4 Å². The molecule has 0 aromatic heterocycles. The Morgan fingerprint density at radius 3 is 2.29 bits per heavy atom. The molecule has 0 heterocycles. The number of carbonyl (C=O) groups is 2. The SMILES string of the molecule is Cc1ccc(S(=O)(=O)NC2(C(=O)NC3C4CC5CC3CC(C(N)=O)(C5)C4)CCCCC2)cc1F. The summed E-state index contributed by atoms with van der Waals surface area (Å²) in [4.78, 5) is 25.8. The van der Waals surface area contributed by atoms with Gasteiger partial charge < -0.3 is 11.1 Å². The van der Waals surface area contributed by atoms with Gasteiger partial charge in [-0.2, -0.15) is 4.72 Å². The molecule has 5 aliphatic carbocycles. The summed E-state index contributed by atoms with van der Waals surface area (Å²) in [7, 11) is -4.10. The topological polar surface area (TPSA) is 118 Å². The van der Waals surface area contributed by atoms with Gasteiger partial charge >= 0.3 is 0 Å². The average molecular weight is 492 g/mol. The number of rotatable bonds is 6. The van der Waals surface area contributed by atoms with Gasteiger partial charge in [-0.15, -0.1) is 0 Å². The Morgan fingerprint density at radius 2 is 1.71 bits per heavy atom. The number of nitrogens with two attached hydrogens (primary N) is 1. The molecule has 2 amide bonds. The van der Waals surface area contributed by atoms with Crippen molar-refractivity contribution in [2.24, 2.45) is 28.9 Å². The van der Waals surface area contributed by atoms with E-state index in [0.717, 1.165) is 44.6 Å². The van der Waals surface area contributed by atoms with Crippen LogP contribution in [0.2, 0.25) is 0 Å². The second-order valence-electron chi connectivity index (χ2n) is 11.3. The zero-order chi connectivity index (χ0) is 24.3. The van der Waals surface area contributed by atoms with Gasteiger partial charge in [-0.25, -0.2) is 12.8 Å². The highest BCUT2D eigenvalue weighted by Crippen LogP contribution is 2.60. The number of aryl methyl sites for hydroxylation is 1. The van der Waals surface area contributed by atoms with Crippen LogP contribution in [0.25, 0.3) is 0 Å². The van der Waals surface area contributed by atoms with Crippen molar-refractivity contribution in [2.75, 3.05) is 0 Å². The Morgan fingerprint density at radius 1 is 1.06 bits per heavy atom. The first kappa shape index (κ1) is 23.7. The van der Waals surface area contributed by atoms with E-state index in [9.17, 15) is 22.4 Å². The van der Waals surface area contributed by atoms with Gasteiger partial charge in [0.2, 0.25) is 21.8 Å². The third-order valence-electron chi connectivity index (χ3n) is 9.02. The molecule has 186 valence electrons. The van der Waals surface area contributed by atoms with Crippen LogP contribution in [0.4, 0.5) is 4.39 Å². The van der Waals surface area contributed by atoms with Crippen LogP contribution in [0.15, 0.2) is 23.1 Å². The van der Waals surface area contributed by atoms with Gasteiger partial charge in [0, 0.05) is 11.5 Å². The van der Waals surface area contributed by atoms with Crippen molar-refractivity contribution in [3.63, 3.8) is 0 Å². The van der Waals surface area contributed by atoms with Gasteiger partial charge in [0.25, 0.3) is 0 Å². The number of amides is 2. The minimum atomic E-state index is -4.10. The van der Waals surface area contributed by atoms with Gasteiger partial charge in [-0.05, 0) is 87.3 Å². The smallest absolute Gasteiger partial charge is 0.241 e. The maximum atomic E-state index is 14.1. The molecule has 0 radical (unpaired) electrons. The van der Waals surface area contributed by atoms with Crippen molar-refractivity contribution in [3.05, 3.63) is 29.6 Å². The highest BCUT2D eigenvalue weighted by atomic mass is 32.2. The van der Waals surface area contributed by atoms with E-state index in [-0.39, 0.29) is 34.6 Å². The third-order valence-corrected chi connectivity index (χ3v) is 10.6. The van der Waals surface area contributed by atoms with Crippen LogP contribution in [0.5, 0.6) is 0 Å². The Labute approximate surface area is 200 Å². The van der Waals surface area contributed by atoms with E-state index in [2.05, 4.69) is 10.0 Å². The molecule has 4 bridgehead atoms. The van der Waals surface area contributed by atoms with Gasteiger partial charge in [-0.1, -0.05) is 25.3 Å². The van der Waals surface area contributed by atoms with Crippen LogP contribution in [0.1, 0.15) is 69.8 Å². The van der Waals surface area contributed by atoms with E-state index in [1.54, 1.807) is 6.92 Å². The van der Waals surface area contributed by atoms with E-state index in [4.69, 9.17) is 5.73 Å². The third kappa shape index (κ3) is 3.94. The number of carbonyl (C=O) groups excluding carboxylic acids is 2. The second-order valence-corrected chi connectivity index (χ2v) is 13.0. The number of hydrogen-bond acceptors (Lipinski definition) is 4. The summed E-state index contributed by atoms with van der Waals surface area (Å²) in [6.45, 7) is 1.57. The van der Waals surface area contributed by atoms with Crippen LogP contribution in [-0.4, -0.2) is 31.8 Å². The predicted octanol–water partition coefficient (Wildman–Crippen LogP) is 2.91. The Balaban J connectivity index is 1.38. The van der Waals surface area contributed by atoms with Crippen LogP contribution < -0.4 is 15.8 Å². The second kappa shape index (κ2) is 8.29. The Bertz CT molecular complexity index is 1100. The fraction of sp³-hybridized carbons (Fsp3) is 0.680. The molecule has 1 aromatic rings. The molecule has 5 saturated carbocycles. The zero-order valence-electron chi connectivity index (χ0n) is 19.6. The van der Waals surface area contributed by atoms with E-state index in [1.807, 2.05) is 0 Å². The monoisotopic (exact) mass is 491 g/mol. The van der Waals surface area contributed by atoms with E-state index in [0.29, 0.717) is 37.2 Å². The number of nitrogens with one attached hydrogen (secondary N) is 2. The highest BCUT2D eigenvalue weighted by molar-refractivity contribution is 7.89. The van der Waals surface area contributed by atoms with Crippen molar-refractivity contribution in [2.45, 2.75) is 87.6 Å². The number of halogens is 1. The first-order valence-corrected chi connectivity index (χ1v) is 13.9. The Hall–Kier alpha value is -2.00. The lowest BCUT2D eigenvalue weighted by molar-refractivity contribution is -0.148. The fourth-order valence-electron chi connectivity index (χ4n) is 7.44. The maximum absolute atomic E-state index is 14.1. The number of hydrogen-bond donors (Lipinski definition) is 3. The van der Waals surface area contributed by atoms with Gasteiger partial charge in [0.05, 0.1) is 4.90 Å². The van der Waals surface area contributed by atoms with Crippen LogP contribution in [-0.2, 0) is 19.6 Å².